The lowest BCUT2D eigenvalue weighted by molar-refractivity contribution is 0.0660. The van der Waals surface area contributed by atoms with Crippen LogP contribution in [0.15, 0.2) is 111 Å². The molecular formula is C23H21O2S+. The van der Waals surface area contributed by atoms with Crippen LogP contribution in [0.2, 0.25) is 0 Å². The number of benzene rings is 3. The molecule has 3 rings (SSSR count). The van der Waals surface area contributed by atoms with Crippen LogP contribution in [0.5, 0.6) is 0 Å². The van der Waals surface area contributed by atoms with Crippen molar-refractivity contribution in [3.8, 4) is 0 Å². The van der Waals surface area contributed by atoms with Crippen LogP contribution in [0.1, 0.15) is 24.2 Å². The number of hydrogen-bond donors (Lipinski definition) is 0. The van der Waals surface area contributed by atoms with Gasteiger partial charge in [-0.2, -0.15) is 0 Å². The molecule has 0 saturated carbocycles. The lowest BCUT2D eigenvalue weighted by Crippen LogP contribution is -2.06. The highest BCUT2D eigenvalue weighted by molar-refractivity contribution is 7.97. The van der Waals surface area contributed by atoms with Crippen molar-refractivity contribution in [1.82, 2.24) is 0 Å². The first-order chi connectivity index (χ1) is 12.6. The third-order valence-electron chi connectivity index (χ3n) is 3.69. The van der Waals surface area contributed by atoms with E-state index in [1.807, 2.05) is 50.2 Å². The summed E-state index contributed by atoms with van der Waals surface area (Å²) in [6.07, 6.45) is 1.48. The molecule has 0 aliphatic heterocycles. The number of rotatable bonds is 5. The Morgan fingerprint density at radius 1 is 0.731 bits per heavy atom. The largest absolute Gasteiger partial charge is 0.431 e. The summed E-state index contributed by atoms with van der Waals surface area (Å²) in [6, 6.07) is 28.6. The second-order valence-electron chi connectivity index (χ2n) is 6.06. The van der Waals surface area contributed by atoms with Gasteiger partial charge in [0.2, 0.25) is 0 Å². The topological polar surface area (TPSA) is 26.3 Å². The highest BCUT2D eigenvalue weighted by atomic mass is 32.2. The first-order valence-electron chi connectivity index (χ1n) is 8.44. The zero-order valence-electron chi connectivity index (χ0n) is 14.9. The van der Waals surface area contributed by atoms with Gasteiger partial charge in [-0.05, 0) is 68.0 Å². The summed E-state index contributed by atoms with van der Waals surface area (Å²) < 4.78 is 5.16. The predicted octanol–water partition coefficient (Wildman–Crippen LogP) is 5.86. The number of ether oxygens (including phenoxy) is 1. The number of carbonyl (C=O) groups is 1. The van der Waals surface area contributed by atoms with Crippen molar-refractivity contribution in [2.45, 2.75) is 28.5 Å². The van der Waals surface area contributed by atoms with Gasteiger partial charge in [0.15, 0.2) is 14.7 Å². The lowest BCUT2D eigenvalue weighted by atomic mass is 10.2. The van der Waals surface area contributed by atoms with Crippen molar-refractivity contribution < 1.29 is 9.53 Å². The van der Waals surface area contributed by atoms with Crippen molar-refractivity contribution in [3.63, 3.8) is 0 Å². The van der Waals surface area contributed by atoms with Crippen LogP contribution in [0.3, 0.4) is 0 Å². The van der Waals surface area contributed by atoms with E-state index in [1.54, 1.807) is 0 Å². The van der Waals surface area contributed by atoms with Gasteiger partial charge in [0.05, 0.1) is 22.7 Å². The monoisotopic (exact) mass is 361 g/mol. The van der Waals surface area contributed by atoms with E-state index in [0.29, 0.717) is 5.56 Å². The Kier molecular flexibility index (Phi) is 5.92. The van der Waals surface area contributed by atoms with Crippen molar-refractivity contribution in [1.29, 1.82) is 0 Å². The summed E-state index contributed by atoms with van der Waals surface area (Å²) in [5.74, 6) is -0.336. The van der Waals surface area contributed by atoms with E-state index < -0.39 is 0 Å². The Balaban J connectivity index is 1.93. The normalized spacial score (nSPS) is 10.4. The minimum atomic E-state index is -0.336. The second kappa shape index (κ2) is 8.54. The Morgan fingerprint density at radius 3 is 1.65 bits per heavy atom. The van der Waals surface area contributed by atoms with Gasteiger partial charge in [0.25, 0.3) is 0 Å². The van der Waals surface area contributed by atoms with E-state index in [9.17, 15) is 4.79 Å². The smallest absolute Gasteiger partial charge is 0.342 e. The molecule has 3 aromatic rings. The first kappa shape index (κ1) is 18.0. The van der Waals surface area contributed by atoms with E-state index in [2.05, 4.69) is 48.5 Å². The summed E-state index contributed by atoms with van der Waals surface area (Å²) in [4.78, 5) is 15.8. The van der Waals surface area contributed by atoms with Crippen LogP contribution in [0, 0.1) is 0 Å². The number of carbonyl (C=O) groups excluding carboxylic acids is 1. The average molecular weight is 361 g/mol. The van der Waals surface area contributed by atoms with Gasteiger partial charge in [-0.1, -0.05) is 36.4 Å². The molecule has 0 fully saturated rings. The Hall–Kier alpha value is -2.78. The van der Waals surface area contributed by atoms with Crippen LogP contribution in [0.4, 0.5) is 0 Å². The van der Waals surface area contributed by atoms with Crippen molar-refractivity contribution in [2.75, 3.05) is 0 Å². The molecule has 0 radical (unpaired) electrons. The molecule has 0 amide bonds. The Morgan fingerprint density at radius 2 is 1.19 bits per heavy atom. The molecule has 0 heterocycles. The minimum absolute atomic E-state index is 0.211. The fourth-order valence-electron chi connectivity index (χ4n) is 2.49. The van der Waals surface area contributed by atoms with Crippen LogP contribution >= 0.6 is 0 Å². The standard InChI is InChI=1S/C23H21O2S/c1-18(2)17-25-23(24)19-13-15-22(16-14-19)26(20-9-5-3-6-10-20)21-11-7-4-8-12-21/h3-17H,1-2H3/q+1. The molecule has 2 nitrogen and oxygen atoms in total. The summed E-state index contributed by atoms with van der Waals surface area (Å²) >= 11 is 0. The molecule has 0 aromatic heterocycles. The fourth-order valence-corrected chi connectivity index (χ4v) is 4.57. The van der Waals surface area contributed by atoms with Gasteiger partial charge in [-0.25, -0.2) is 4.79 Å². The molecule has 0 spiro atoms. The number of allylic oxidation sites excluding steroid dienone is 1. The summed E-state index contributed by atoms with van der Waals surface area (Å²) in [7, 11) is -0.211. The molecular weight excluding hydrogens is 340 g/mol. The summed E-state index contributed by atoms with van der Waals surface area (Å²) in [5, 5.41) is 0. The van der Waals surface area contributed by atoms with E-state index in [1.165, 1.54) is 20.9 Å². The van der Waals surface area contributed by atoms with Gasteiger partial charge in [0.1, 0.15) is 0 Å². The number of esters is 1. The van der Waals surface area contributed by atoms with Gasteiger partial charge in [-0.3, -0.25) is 0 Å². The van der Waals surface area contributed by atoms with Gasteiger partial charge in [-0.15, -0.1) is 0 Å². The summed E-state index contributed by atoms with van der Waals surface area (Å²) in [5.41, 5.74) is 1.50. The van der Waals surface area contributed by atoms with E-state index >= 15 is 0 Å². The third kappa shape index (κ3) is 4.44. The molecule has 130 valence electrons. The van der Waals surface area contributed by atoms with E-state index in [0.717, 1.165) is 5.57 Å². The van der Waals surface area contributed by atoms with Crippen molar-refractivity contribution in [3.05, 3.63) is 102 Å². The highest BCUT2D eigenvalue weighted by Gasteiger charge is 2.28. The molecule has 3 aromatic carbocycles. The SMILES string of the molecule is CC(C)=COC(=O)c1ccc([S+](c2ccccc2)c2ccccc2)cc1. The number of hydrogen-bond acceptors (Lipinski definition) is 2. The molecule has 0 N–H and O–H groups in total. The first-order valence-corrected chi connectivity index (χ1v) is 9.66. The van der Waals surface area contributed by atoms with Crippen LogP contribution in [-0.4, -0.2) is 5.97 Å². The third-order valence-corrected chi connectivity index (χ3v) is 5.92. The second-order valence-corrected chi connectivity index (χ2v) is 8.08. The minimum Gasteiger partial charge on any atom is -0.431 e. The zero-order chi connectivity index (χ0) is 18.4. The maximum atomic E-state index is 12.1. The molecule has 0 atom stereocenters. The molecule has 0 aliphatic carbocycles. The van der Waals surface area contributed by atoms with Gasteiger partial charge < -0.3 is 4.74 Å². The highest BCUT2D eigenvalue weighted by Crippen LogP contribution is 2.31. The van der Waals surface area contributed by atoms with E-state index in [-0.39, 0.29) is 16.9 Å². The molecule has 0 saturated heterocycles. The van der Waals surface area contributed by atoms with Crippen LogP contribution in [0.25, 0.3) is 0 Å². The summed E-state index contributed by atoms with van der Waals surface area (Å²) in [6.45, 7) is 3.78. The average Bonchev–Trinajstić information content (AvgIpc) is 2.68. The van der Waals surface area contributed by atoms with Crippen molar-refractivity contribution >= 4 is 16.9 Å². The zero-order valence-corrected chi connectivity index (χ0v) is 15.7. The van der Waals surface area contributed by atoms with E-state index in [4.69, 9.17) is 4.74 Å². The van der Waals surface area contributed by atoms with Gasteiger partial charge >= 0.3 is 5.97 Å². The maximum Gasteiger partial charge on any atom is 0.342 e. The Bertz CT molecular complexity index is 841. The van der Waals surface area contributed by atoms with Gasteiger partial charge in [0, 0.05) is 0 Å². The molecule has 3 heteroatoms. The Labute approximate surface area is 157 Å². The molecule has 0 bridgehead atoms. The molecule has 0 unspecified atom stereocenters. The quantitative estimate of drug-likeness (QED) is 0.323. The lowest BCUT2D eigenvalue weighted by Gasteiger charge is -2.08. The maximum absolute atomic E-state index is 12.1. The fraction of sp³-hybridized carbons (Fsp3) is 0.0870. The molecule has 0 aliphatic rings. The molecule has 26 heavy (non-hydrogen) atoms. The van der Waals surface area contributed by atoms with Crippen molar-refractivity contribution in [2.24, 2.45) is 0 Å². The van der Waals surface area contributed by atoms with Crippen LogP contribution in [-0.2, 0) is 15.6 Å². The predicted molar refractivity (Wildman–Crippen MR) is 106 cm³/mol. The van der Waals surface area contributed by atoms with Crippen LogP contribution < -0.4 is 0 Å².